The Balaban J connectivity index is 1.70. The summed E-state index contributed by atoms with van der Waals surface area (Å²) in [7, 11) is 0. The number of fused-ring (bicyclic) bond motifs is 2. The number of benzene rings is 2. The van der Waals surface area contributed by atoms with E-state index in [-0.39, 0.29) is 5.88 Å². The number of rotatable bonds is 4. The van der Waals surface area contributed by atoms with E-state index in [4.69, 9.17) is 10.7 Å². The number of nitrogens with one attached hydrogen (secondary N) is 1. The van der Waals surface area contributed by atoms with Crippen molar-refractivity contribution in [1.82, 2.24) is 14.5 Å². The lowest BCUT2D eigenvalue weighted by Gasteiger charge is -2.12. The monoisotopic (exact) mass is 408 g/mol. The number of anilines is 1. The highest BCUT2D eigenvalue weighted by Crippen LogP contribution is 2.40. The molecule has 0 fully saturated rings. The fourth-order valence-corrected chi connectivity index (χ4v) is 3.79. The standard InChI is InChI=1S/C24H18N5O2/c25-24(31)29-21-10-4-2-8-17(21)22(23(29)30)20-12-19(16-7-1-3-9-18(16)28-20)27-14-15-6-5-11-26-13-15/h1,3-13,30H,14H2,(H2,25,31)(H,27,28). The lowest BCUT2D eigenvalue weighted by molar-refractivity contribution is 0.248. The molecule has 1 amide bonds. The number of carbonyl (C=O) groups excluding carboxylic acids is 1. The third-order valence-electron chi connectivity index (χ3n) is 5.19. The van der Waals surface area contributed by atoms with Gasteiger partial charge >= 0.3 is 6.03 Å². The van der Waals surface area contributed by atoms with Crippen LogP contribution in [-0.4, -0.2) is 25.7 Å². The van der Waals surface area contributed by atoms with E-state index >= 15 is 0 Å². The molecular weight excluding hydrogens is 390 g/mol. The molecular formula is C24H18N5O2. The van der Waals surface area contributed by atoms with Gasteiger partial charge in [-0.25, -0.2) is 14.3 Å². The van der Waals surface area contributed by atoms with Gasteiger partial charge in [-0.3, -0.25) is 4.98 Å². The first-order valence-electron chi connectivity index (χ1n) is 9.69. The molecule has 0 aliphatic heterocycles. The molecule has 0 aliphatic rings. The minimum Gasteiger partial charge on any atom is -0.494 e. The summed E-state index contributed by atoms with van der Waals surface area (Å²) < 4.78 is 1.08. The highest BCUT2D eigenvalue weighted by Gasteiger charge is 2.22. The molecule has 0 bridgehead atoms. The van der Waals surface area contributed by atoms with E-state index in [0.29, 0.717) is 28.7 Å². The lowest BCUT2D eigenvalue weighted by Crippen LogP contribution is -2.18. The summed E-state index contributed by atoms with van der Waals surface area (Å²) >= 11 is 0. The van der Waals surface area contributed by atoms with Crippen LogP contribution in [0.15, 0.2) is 73.1 Å². The van der Waals surface area contributed by atoms with Crippen LogP contribution in [-0.2, 0) is 6.54 Å². The second-order valence-electron chi connectivity index (χ2n) is 7.10. The van der Waals surface area contributed by atoms with Crippen molar-refractivity contribution in [2.24, 2.45) is 5.73 Å². The SMILES string of the molecule is NC(=O)n1c(O)c(-c2cc(NCc3cccnc3)c3ccccc3n2)c2c[c]ccc21. The maximum absolute atomic E-state index is 12.0. The molecule has 5 rings (SSSR count). The molecule has 4 N–H and O–H groups in total. The van der Waals surface area contributed by atoms with Crippen LogP contribution in [0.25, 0.3) is 33.1 Å². The molecule has 31 heavy (non-hydrogen) atoms. The molecule has 3 aromatic heterocycles. The highest BCUT2D eigenvalue weighted by atomic mass is 16.3. The molecule has 151 valence electrons. The van der Waals surface area contributed by atoms with Gasteiger partial charge in [0.2, 0.25) is 5.88 Å². The van der Waals surface area contributed by atoms with E-state index in [2.05, 4.69) is 16.4 Å². The topological polar surface area (TPSA) is 106 Å². The van der Waals surface area contributed by atoms with Gasteiger partial charge in [0.1, 0.15) is 0 Å². The molecule has 0 spiro atoms. The van der Waals surface area contributed by atoms with Crippen molar-refractivity contribution in [3.8, 4) is 17.1 Å². The van der Waals surface area contributed by atoms with Crippen molar-refractivity contribution in [1.29, 1.82) is 0 Å². The van der Waals surface area contributed by atoms with Crippen molar-refractivity contribution in [3.63, 3.8) is 0 Å². The fraction of sp³-hybridized carbons (Fsp3) is 0.0417. The van der Waals surface area contributed by atoms with Gasteiger partial charge in [-0.05, 0) is 42.0 Å². The number of amides is 1. The normalized spacial score (nSPS) is 11.1. The van der Waals surface area contributed by atoms with Crippen molar-refractivity contribution in [3.05, 3.63) is 84.7 Å². The number of carbonyl (C=O) groups is 1. The number of hydrogen-bond acceptors (Lipinski definition) is 5. The molecule has 0 saturated heterocycles. The Morgan fingerprint density at radius 2 is 2.03 bits per heavy atom. The van der Waals surface area contributed by atoms with Gasteiger partial charge in [-0.1, -0.05) is 30.3 Å². The van der Waals surface area contributed by atoms with E-state index < -0.39 is 6.03 Å². The molecule has 1 radical (unpaired) electrons. The van der Waals surface area contributed by atoms with Crippen LogP contribution in [0.2, 0.25) is 0 Å². The molecule has 0 atom stereocenters. The first-order chi connectivity index (χ1) is 15.1. The Labute approximate surface area is 177 Å². The summed E-state index contributed by atoms with van der Waals surface area (Å²) in [5, 5.41) is 15.9. The first kappa shape index (κ1) is 18.6. The number of para-hydroxylation sites is 1. The Morgan fingerprint density at radius 1 is 1.16 bits per heavy atom. The molecule has 0 aliphatic carbocycles. The molecule has 0 saturated carbocycles. The number of nitrogens with two attached hydrogens (primary N) is 1. The van der Waals surface area contributed by atoms with Crippen molar-refractivity contribution in [2.75, 3.05) is 5.32 Å². The zero-order valence-electron chi connectivity index (χ0n) is 16.4. The Kier molecular flexibility index (Phi) is 4.48. The van der Waals surface area contributed by atoms with E-state index in [1.165, 1.54) is 0 Å². The minimum atomic E-state index is -0.768. The Morgan fingerprint density at radius 3 is 2.84 bits per heavy atom. The summed E-state index contributed by atoms with van der Waals surface area (Å²) in [4.78, 5) is 20.9. The molecule has 5 aromatic rings. The second kappa shape index (κ2) is 7.46. The molecule has 7 nitrogen and oxygen atoms in total. The predicted octanol–water partition coefficient (Wildman–Crippen LogP) is 4.30. The van der Waals surface area contributed by atoms with Crippen molar-refractivity contribution < 1.29 is 9.90 Å². The highest BCUT2D eigenvalue weighted by molar-refractivity contribution is 6.05. The number of pyridine rings is 2. The van der Waals surface area contributed by atoms with Crippen molar-refractivity contribution >= 4 is 33.5 Å². The van der Waals surface area contributed by atoms with E-state index in [9.17, 15) is 9.90 Å². The van der Waals surface area contributed by atoms with Crippen molar-refractivity contribution in [2.45, 2.75) is 6.54 Å². The number of aromatic hydroxyl groups is 1. The average Bonchev–Trinajstić information content (AvgIpc) is 3.10. The quantitative estimate of drug-likeness (QED) is 0.411. The van der Waals surface area contributed by atoms with Gasteiger partial charge in [0, 0.05) is 35.4 Å². The molecule has 7 heteroatoms. The Hall–Kier alpha value is -4.39. The largest absolute Gasteiger partial charge is 0.494 e. The van der Waals surface area contributed by atoms with E-state index in [1.807, 2.05) is 42.5 Å². The van der Waals surface area contributed by atoms with Crippen LogP contribution in [0.3, 0.4) is 0 Å². The van der Waals surface area contributed by atoms with Crippen LogP contribution in [0.4, 0.5) is 10.5 Å². The van der Waals surface area contributed by atoms with E-state index in [1.54, 1.807) is 30.6 Å². The van der Waals surface area contributed by atoms with Gasteiger partial charge < -0.3 is 16.2 Å². The Bertz CT molecular complexity index is 1430. The third kappa shape index (κ3) is 3.22. The summed E-state index contributed by atoms with van der Waals surface area (Å²) in [6.45, 7) is 0.574. The second-order valence-corrected chi connectivity index (χ2v) is 7.10. The summed E-state index contributed by atoms with van der Waals surface area (Å²) in [6, 6.07) is 20.8. The zero-order chi connectivity index (χ0) is 21.4. The smallest absolute Gasteiger partial charge is 0.326 e. The summed E-state index contributed by atoms with van der Waals surface area (Å²) in [5.41, 5.74) is 9.62. The third-order valence-corrected chi connectivity index (χ3v) is 5.19. The number of primary amides is 1. The molecule has 2 aromatic carbocycles. The van der Waals surface area contributed by atoms with Gasteiger partial charge in [-0.2, -0.15) is 0 Å². The van der Waals surface area contributed by atoms with Gasteiger partial charge in [0.15, 0.2) is 0 Å². The minimum absolute atomic E-state index is 0.247. The van der Waals surface area contributed by atoms with Crippen LogP contribution in [0, 0.1) is 6.07 Å². The van der Waals surface area contributed by atoms with E-state index in [0.717, 1.165) is 26.7 Å². The van der Waals surface area contributed by atoms with Gasteiger partial charge in [0.25, 0.3) is 0 Å². The molecule has 3 heterocycles. The van der Waals surface area contributed by atoms with Gasteiger partial charge in [-0.15, -0.1) is 0 Å². The maximum atomic E-state index is 12.0. The zero-order valence-corrected chi connectivity index (χ0v) is 16.4. The summed E-state index contributed by atoms with van der Waals surface area (Å²) in [5.74, 6) is -0.247. The number of hydrogen-bond donors (Lipinski definition) is 3. The number of aromatic nitrogens is 3. The maximum Gasteiger partial charge on any atom is 0.326 e. The van der Waals surface area contributed by atoms with Gasteiger partial charge in [0.05, 0.1) is 22.3 Å². The predicted molar refractivity (Wildman–Crippen MR) is 120 cm³/mol. The fourth-order valence-electron chi connectivity index (χ4n) is 3.79. The first-order valence-corrected chi connectivity index (χ1v) is 9.69. The van der Waals surface area contributed by atoms with Crippen LogP contribution in [0.1, 0.15) is 5.56 Å². The average molecular weight is 408 g/mol. The lowest BCUT2D eigenvalue weighted by atomic mass is 10.1. The van der Waals surface area contributed by atoms with Crippen LogP contribution >= 0.6 is 0 Å². The van der Waals surface area contributed by atoms with Crippen LogP contribution < -0.4 is 11.1 Å². The molecule has 0 unspecified atom stereocenters. The number of nitrogens with zero attached hydrogens (tertiary/aromatic N) is 3. The van der Waals surface area contributed by atoms with Crippen LogP contribution in [0.5, 0.6) is 5.88 Å². The summed E-state index contributed by atoms with van der Waals surface area (Å²) in [6.07, 6.45) is 3.54.